The summed E-state index contributed by atoms with van der Waals surface area (Å²) in [7, 11) is 0. The number of rotatable bonds is 7. The normalized spacial score (nSPS) is 12.5. The molecule has 0 fully saturated rings. The van der Waals surface area contributed by atoms with Gasteiger partial charge in [0.1, 0.15) is 17.5 Å². The van der Waals surface area contributed by atoms with Crippen molar-refractivity contribution in [2.75, 3.05) is 0 Å². The number of hydrogen-bond donors (Lipinski definition) is 1. The van der Waals surface area contributed by atoms with E-state index in [2.05, 4.69) is 10.2 Å². The van der Waals surface area contributed by atoms with E-state index >= 15 is 0 Å². The van der Waals surface area contributed by atoms with Crippen LogP contribution >= 0.6 is 11.8 Å². The molecule has 5 aromatic rings. The molecule has 1 aromatic heterocycles. The number of para-hydroxylation sites is 1. The minimum atomic E-state index is -0.820. The standard InChI is InChI=1S/C32H25N3O3S/c33-25(18-22-11-5-2-6-12-22)32(36)38-31-24(17-21-9-3-1-4-10-21)19-26(34-35-31)23-15-16-28-30(20-23)39-29-14-8-7-13-27(29)37-28/h1-16,19-20,25H,17-18,33H2. The van der Waals surface area contributed by atoms with E-state index in [0.29, 0.717) is 18.5 Å². The Morgan fingerprint density at radius 1 is 0.795 bits per heavy atom. The fourth-order valence-electron chi connectivity index (χ4n) is 4.40. The lowest BCUT2D eigenvalue weighted by Crippen LogP contribution is -2.36. The smallest absolute Gasteiger partial charge is 0.330 e. The van der Waals surface area contributed by atoms with Crippen LogP contribution in [0.4, 0.5) is 0 Å². The second kappa shape index (κ2) is 11.1. The molecule has 1 atom stereocenters. The molecular weight excluding hydrogens is 506 g/mol. The lowest BCUT2D eigenvalue weighted by Gasteiger charge is -2.20. The van der Waals surface area contributed by atoms with Gasteiger partial charge in [0.2, 0.25) is 5.88 Å². The number of ether oxygens (including phenoxy) is 2. The highest BCUT2D eigenvalue weighted by Crippen LogP contribution is 2.47. The Bertz CT molecular complexity index is 1630. The van der Waals surface area contributed by atoms with Gasteiger partial charge in [-0.15, -0.1) is 10.2 Å². The molecule has 0 saturated carbocycles. The predicted octanol–water partition coefficient (Wildman–Crippen LogP) is 6.47. The van der Waals surface area contributed by atoms with Crippen molar-refractivity contribution in [3.05, 3.63) is 126 Å². The summed E-state index contributed by atoms with van der Waals surface area (Å²) in [6, 6.07) is 34.6. The Morgan fingerprint density at radius 3 is 2.28 bits per heavy atom. The van der Waals surface area contributed by atoms with Gasteiger partial charge in [-0.25, -0.2) is 4.79 Å². The van der Waals surface area contributed by atoms with Crippen LogP contribution in [0.3, 0.4) is 0 Å². The molecule has 4 aromatic carbocycles. The molecule has 0 bridgehead atoms. The number of benzene rings is 4. The maximum atomic E-state index is 12.9. The molecule has 0 spiro atoms. The largest absolute Gasteiger partial charge is 0.455 e. The third-order valence-corrected chi connectivity index (χ3v) is 7.49. The monoisotopic (exact) mass is 531 g/mol. The zero-order valence-corrected chi connectivity index (χ0v) is 21.8. The summed E-state index contributed by atoms with van der Waals surface area (Å²) in [6.07, 6.45) is 0.896. The van der Waals surface area contributed by atoms with Crippen LogP contribution in [0.5, 0.6) is 17.4 Å². The van der Waals surface area contributed by atoms with Gasteiger partial charge in [-0.1, -0.05) is 84.6 Å². The highest BCUT2D eigenvalue weighted by Gasteiger charge is 2.22. The molecule has 2 heterocycles. The minimum absolute atomic E-state index is 0.167. The van der Waals surface area contributed by atoms with Crippen molar-refractivity contribution in [2.24, 2.45) is 5.73 Å². The molecule has 1 aliphatic heterocycles. The maximum absolute atomic E-state index is 12.9. The van der Waals surface area contributed by atoms with E-state index < -0.39 is 12.0 Å². The first-order chi connectivity index (χ1) is 19.1. The Hall–Kier alpha value is -4.46. The second-order valence-electron chi connectivity index (χ2n) is 9.25. The van der Waals surface area contributed by atoms with Gasteiger partial charge in [0, 0.05) is 17.5 Å². The van der Waals surface area contributed by atoms with E-state index in [1.54, 1.807) is 11.8 Å². The van der Waals surface area contributed by atoms with Gasteiger partial charge in [0.15, 0.2) is 0 Å². The Labute approximate surface area is 230 Å². The van der Waals surface area contributed by atoms with Crippen LogP contribution in [-0.2, 0) is 17.6 Å². The third-order valence-electron chi connectivity index (χ3n) is 6.40. The Balaban J connectivity index is 1.28. The van der Waals surface area contributed by atoms with Gasteiger partial charge in [-0.2, -0.15) is 0 Å². The summed E-state index contributed by atoms with van der Waals surface area (Å²) < 4.78 is 11.8. The SMILES string of the molecule is NC(Cc1ccccc1)C(=O)Oc1nnc(-c2ccc3c(c2)Sc2ccccc2O3)cc1Cc1ccccc1. The van der Waals surface area contributed by atoms with E-state index in [1.165, 1.54) is 0 Å². The van der Waals surface area contributed by atoms with E-state index in [-0.39, 0.29) is 5.88 Å². The van der Waals surface area contributed by atoms with E-state index in [0.717, 1.165) is 43.5 Å². The topological polar surface area (TPSA) is 87.3 Å². The average molecular weight is 532 g/mol. The Kier molecular flexibility index (Phi) is 7.08. The first-order valence-corrected chi connectivity index (χ1v) is 13.4. The molecule has 192 valence electrons. The molecule has 6 rings (SSSR count). The van der Waals surface area contributed by atoms with Crippen molar-refractivity contribution < 1.29 is 14.3 Å². The minimum Gasteiger partial charge on any atom is -0.455 e. The predicted molar refractivity (Wildman–Crippen MR) is 151 cm³/mol. The Morgan fingerprint density at radius 2 is 1.49 bits per heavy atom. The van der Waals surface area contributed by atoms with Crippen molar-refractivity contribution in [1.29, 1.82) is 0 Å². The fourth-order valence-corrected chi connectivity index (χ4v) is 5.39. The second-order valence-corrected chi connectivity index (χ2v) is 10.3. The number of esters is 1. The molecule has 2 N–H and O–H groups in total. The summed E-state index contributed by atoms with van der Waals surface area (Å²) in [4.78, 5) is 15.0. The molecule has 0 radical (unpaired) electrons. The lowest BCUT2D eigenvalue weighted by molar-refractivity contribution is -0.136. The zero-order chi connectivity index (χ0) is 26.6. The lowest BCUT2D eigenvalue weighted by atomic mass is 10.0. The highest BCUT2D eigenvalue weighted by molar-refractivity contribution is 7.99. The molecule has 0 aliphatic carbocycles. The summed E-state index contributed by atoms with van der Waals surface area (Å²) in [6.45, 7) is 0. The van der Waals surface area contributed by atoms with Gasteiger partial charge in [-0.05, 0) is 53.9 Å². The number of aromatic nitrogens is 2. The van der Waals surface area contributed by atoms with Gasteiger partial charge in [0.05, 0.1) is 15.5 Å². The van der Waals surface area contributed by atoms with E-state index in [4.69, 9.17) is 15.2 Å². The van der Waals surface area contributed by atoms with Crippen molar-refractivity contribution in [2.45, 2.75) is 28.7 Å². The number of carbonyl (C=O) groups is 1. The van der Waals surface area contributed by atoms with Crippen LogP contribution in [0, 0.1) is 0 Å². The summed E-state index contributed by atoms with van der Waals surface area (Å²) in [5.74, 6) is 1.28. The van der Waals surface area contributed by atoms with Crippen LogP contribution in [0.1, 0.15) is 16.7 Å². The average Bonchev–Trinajstić information content (AvgIpc) is 2.97. The number of nitrogens with zero attached hydrogens (tertiary/aromatic N) is 2. The van der Waals surface area contributed by atoms with Gasteiger partial charge in [0.25, 0.3) is 0 Å². The van der Waals surface area contributed by atoms with Crippen LogP contribution in [0.2, 0.25) is 0 Å². The van der Waals surface area contributed by atoms with E-state index in [9.17, 15) is 4.79 Å². The van der Waals surface area contributed by atoms with Gasteiger partial charge >= 0.3 is 5.97 Å². The summed E-state index contributed by atoms with van der Waals surface area (Å²) in [5, 5.41) is 8.76. The van der Waals surface area contributed by atoms with Crippen molar-refractivity contribution in [3.8, 4) is 28.6 Å². The van der Waals surface area contributed by atoms with Crippen LogP contribution in [0.25, 0.3) is 11.3 Å². The maximum Gasteiger partial charge on any atom is 0.330 e. The molecule has 6 nitrogen and oxygen atoms in total. The molecule has 1 aliphatic rings. The van der Waals surface area contributed by atoms with Crippen molar-refractivity contribution in [3.63, 3.8) is 0 Å². The van der Waals surface area contributed by atoms with Crippen LogP contribution in [0.15, 0.2) is 119 Å². The third kappa shape index (κ3) is 5.70. The summed E-state index contributed by atoms with van der Waals surface area (Å²) >= 11 is 1.66. The van der Waals surface area contributed by atoms with E-state index in [1.807, 2.05) is 109 Å². The number of fused-ring (bicyclic) bond motifs is 2. The number of nitrogens with two attached hydrogens (primary N) is 1. The number of hydrogen-bond acceptors (Lipinski definition) is 7. The van der Waals surface area contributed by atoms with Crippen molar-refractivity contribution in [1.82, 2.24) is 10.2 Å². The van der Waals surface area contributed by atoms with Crippen LogP contribution in [-0.4, -0.2) is 22.2 Å². The molecule has 7 heteroatoms. The highest BCUT2D eigenvalue weighted by atomic mass is 32.2. The first-order valence-electron chi connectivity index (χ1n) is 12.6. The van der Waals surface area contributed by atoms with Gasteiger partial charge in [-0.3, -0.25) is 0 Å². The molecular formula is C32H25N3O3S. The molecule has 0 saturated heterocycles. The molecule has 39 heavy (non-hydrogen) atoms. The molecule has 1 unspecified atom stereocenters. The number of carbonyl (C=O) groups excluding carboxylic acids is 1. The fraction of sp³-hybridized carbons (Fsp3) is 0.0938. The quantitative estimate of drug-likeness (QED) is 0.236. The molecule has 0 amide bonds. The van der Waals surface area contributed by atoms with Crippen molar-refractivity contribution >= 4 is 17.7 Å². The first kappa shape index (κ1) is 24.9. The summed E-state index contributed by atoms with van der Waals surface area (Å²) in [5.41, 5.74) is 10.5. The zero-order valence-electron chi connectivity index (χ0n) is 21.0. The van der Waals surface area contributed by atoms with Gasteiger partial charge < -0.3 is 15.2 Å². The van der Waals surface area contributed by atoms with Crippen LogP contribution < -0.4 is 15.2 Å².